The number of rotatable bonds is 5. The van der Waals surface area contributed by atoms with Crippen LogP contribution in [0.4, 0.5) is 0 Å². The minimum Gasteiger partial charge on any atom is -0.222 e. The van der Waals surface area contributed by atoms with Gasteiger partial charge in [0.25, 0.3) is 0 Å². The van der Waals surface area contributed by atoms with Gasteiger partial charge in [-0.1, -0.05) is 78.9 Å². The van der Waals surface area contributed by atoms with Crippen molar-refractivity contribution in [2.45, 2.75) is 14.4 Å². The molecule has 0 aliphatic rings. The van der Waals surface area contributed by atoms with Crippen molar-refractivity contribution in [3.63, 3.8) is 0 Å². The van der Waals surface area contributed by atoms with E-state index in [0.717, 1.165) is 5.39 Å². The summed E-state index contributed by atoms with van der Waals surface area (Å²) in [7, 11) is -8.48. The lowest BCUT2D eigenvalue weighted by Gasteiger charge is -2.20. The normalized spacial score (nSPS) is 12.3. The van der Waals surface area contributed by atoms with Crippen LogP contribution in [-0.2, 0) is 19.7 Å². The highest BCUT2D eigenvalue weighted by molar-refractivity contribution is 8.08. The Hall–Kier alpha value is -2.96. The van der Waals surface area contributed by atoms with Gasteiger partial charge in [-0.25, -0.2) is 16.8 Å². The van der Waals surface area contributed by atoms with Crippen molar-refractivity contribution < 1.29 is 16.8 Å². The van der Waals surface area contributed by atoms with Crippen molar-refractivity contribution in [2.24, 2.45) is 0 Å². The van der Waals surface area contributed by atoms with Crippen LogP contribution in [0.5, 0.6) is 0 Å². The van der Waals surface area contributed by atoms with Crippen LogP contribution < -0.4 is 0 Å². The first-order valence-corrected chi connectivity index (χ1v) is 12.1. The summed E-state index contributed by atoms with van der Waals surface area (Å²) in [6.07, 6.45) is 0. The lowest BCUT2D eigenvalue weighted by atomic mass is 10.1. The molecular formula is C23H18O4S2. The molecule has 4 aromatic carbocycles. The molecule has 4 aromatic rings. The van der Waals surface area contributed by atoms with Gasteiger partial charge in [-0.15, -0.1) is 0 Å². The molecule has 0 aliphatic heterocycles. The Balaban J connectivity index is 2.06. The monoisotopic (exact) mass is 422 g/mol. The molecular weight excluding hydrogens is 404 g/mol. The van der Waals surface area contributed by atoms with E-state index in [2.05, 4.69) is 0 Å². The highest BCUT2D eigenvalue weighted by atomic mass is 32.3. The van der Waals surface area contributed by atoms with E-state index < -0.39 is 24.3 Å². The topological polar surface area (TPSA) is 68.3 Å². The highest BCUT2D eigenvalue weighted by Gasteiger charge is 2.42. The van der Waals surface area contributed by atoms with E-state index in [1.54, 1.807) is 60.7 Å². The van der Waals surface area contributed by atoms with Gasteiger partial charge < -0.3 is 0 Å². The Kier molecular flexibility index (Phi) is 4.98. The molecule has 0 spiro atoms. The van der Waals surface area contributed by atoms with Gasteiger partial charge in [0.15, 0.2) is 24.3 Å². The Morgan fingerprint density at radius 3 is 1.48 bits per heavy atom. The lowest BCUT2D eigenvalue weighted by Crippen LogP contribution is -2.23. The highest BCUT2D eigenvalue weighted by Crippen LogP contribution is 2.40. The zero-order chi connectivity index (χ0) is 20.5. The van der Waals surface area contributed by atoms with E-state index in [-0.39, 0.29) is 15.4 Å². The predicted molar refractivity (Wildman–Crippen MR) is 114 cm³/mol. The summed E-state index contributed by atoms with van der Waals surface area (Å²) >= 11 is 0. The molecule has 0 aliphatic carbocycles. The molecule has 0 heterocycles. The van der Waals surface area contributed by atoms with Gasteiger partial charge >= 0.3 is 0 Å². The van der Waals surface area contributed by atoms with Crippen molar-refractivity contribution in [2.75, 3.05) is 0 Å². The molecule has 0 N–H and O–H groups in total. The Labute approximate surface area is 170 Å². The van der Waals surface area contributed by atoms with Gasteiger partial charge in [-0.05, 0) is 40.6 Å². The van der Waals surface area contributed by atoms with Gasteiger partial charge in [0.05, 0.1) is 9.79 Å². The minimum atomic E-state index is -4.24. The average molecular weight is 423 g/mol. The molecule has 146 valence electrons. The average Bonchev–Trinajstić information content (AvgIpc) is 2.75. The summed E-state index contributed by atoms with van der Waals surface area (Å²) in [5.41, 5.74) is 0.246. The summed E-state index contributed by atoms with van der Waals surface area (Å²) in [6, 6.07) is 27.7. The van der Waals surface area contributed by atoms with Crippen molar-refractivity contribution >= 4 is 30.4 Å². The van der Waals surface area contributed by atoms with Crippen LogP contribution >= 0.6 is 0 Å². The number of hydrogen-bond acceptors (Lipinski definition) is 4. The van der Waals surface area contributed by atoms with Crippen LogP contribution in [-0.4, -0.2) is 16.8 Å². The van der Waals surface area contributed by atoms with Gasteiger partial charge in [0.1, 0.15) is 0 Å². The minimum absolute atomic E-state index is 0.0301. The fraction of sp³-hybridized carbons (Fsp3) is 0.0435. The maximum absolute atomic E-state index is 13.6. The SMILES string of the molecule is O=S(=O)(c1ccccc1)C(c1cccc2ccccc12)S(=O)(=O)c1ccccc1. The van der Waals surface area contributed by atoms with E-state index in [4.69, 9.17) is 0 Å². The quantitative estimate of drug-likeness (QED) is 0.464. The van der Waals surface area contributed by atoms with E-state index >= 15 is 0 Å². The van der Waals surface area contributed by atoms with Crippen LogP contribution in [0.15, 0.2) is 113 Å². The molecule has 0 aromatic heterocycles. The zero-order valence-electron chi connectivity index (χ0n) is 15.3. The molecule has 0 saturated carbocycles. The van der Waals surface area contributed by atoms with Crippen molar-refractivity contribution in [3.05, 3.63) is 109 Å². The van der Waals surface area contributed by atoms with E-state index in [9.17, 15) is 16.8 Å². The summed E-state index contributed by atoms with van der Waals surface area (Å²) in [5.74, 6) is 0. The van der Waals surface area contributed by atoms with Gasteiger partial charge in [0.2, 0.25) is 0 Å². The molecule has 0 radical (unpaired) electrons. The molecule has 0 fully saturated rings. The van der Waals surface area contributed by atoms with Crippen LogP contribution in [0.25, 0.3) is 10.8 Å². The van der Waals surface area contributed by atoms with Gasteiger partial charge in [0, 0.05) is 0 Å². The predicted octanol–water partition coefficient (Wildman–Crippen LogP) is 4.79. The molecule has 0 amide bonds. The third kappa shape index (κ3) is 3.45. The third-order valence-corrected chi connectivity index (χ3v) is 9.80. The number of fused-ring (bicyclic) bond motifs is 1. The van der Waals surface area contributed by atoms with Gasteiger partial charge in [-0.3, -0.25) is 0 Å². The van der Waals surface area contributed by atoms with Crippen LogP contribution in [0.2, 0.25) is 0 Å². The fourth-order valence-electron chi connectivity index (χ4n) is 3.42. The second kappa shape index (κ2) is 7.46. The van der Waals surface area contributed by atoms with Crippen LogP contribution in [0.1, 0.15) is 10.1 Å². The molecule has 4 nitrogen and oxygen atoms in total. The standard InChI is InChI=1S/C23H18O4S2/c24-28(25,19-12-3-1-4-13-19)23(29(26,27)20-14-5-2-6-15-20)22-17-9-11-18-10-7-8-16-21(18)22/h1-17,23H. The first-order chi connectivity index (χ1) is 13.9. The van der Waals surface area contributed by atoms with Crippen molar-refractivity contribution in [1.82, 2.24) is 0 Å². The Bertz CT molecular complexity index is 1290. The Morgan fingerprint density at radius 1 is 0.483 bits per heavy atom. The van der Waals surface area contributed by atoms with E-state index in [1.165, 1.54) is 24.3 Å². The molecule has 0 bridgehead atoms. The lowest BCUT2D eigenvalue weighted by molar-refractivity contribution is 0.577. The molecule has 0 atom stereocenters. The number of sulfone groups is 2. The molecule has 0 saturated heterocycles. The van der Waals surface area contributed by atoms with Crippen LogP contribution in [0, 0.1) is 0 Å². The summed E-state index contributed by atoms with van der Waals surface area (Å²) in [4.78, 5) is -0.0603. The summed E-state index contributed by atoms with van der Waals surface area (Å²) < 4.78 is 52.7. The Morgan fingerprint density at radius 2 is 0.931 bits per heavy atom. The largest absolute Gasteiger partial charge is 0.222 e. The van der Waals surface area contributed by atoms with E-state index in [0.29, 0.717) is 5.39 Å². The molecule has 4 rings (SSSR count). The number of benzene rings is 4. The summed E-state index contributed by atoms with van der Waals surface area (Å²) in [6.45, 7) is 0. The summed E-state index contributed by atoms with van der Waals surface area (Å²) in [5, 5.41) is 1.38. The molecule has 6 heteroatoms. The second-order valence-corrected chi connectivity index (χ2v) is 11.0. The van der Waals surface area contributed by atoms with Crippen LogP contribution in [0.3, 0.4) is 0 Å². The fourth-order valence-corrected chi connectivity index (χ4v) is 8.07. The first-order valence-electron chi connectivity index (χ1n) is 8.98. The number of hydrogen-bond donors (Lipinski definition) is 0. The van der Waals surface area contributed by atoms with E-state index in [1.807, 2.05) is 18.2 Å². The van der Waals surface area contributed by atoms with Gasteiger partial charge in [-0.2, -0.15) is 0 Å². The molecule has 0 unspecified atom stereocenters. The molecule has 29 heavy (non-hydrogen) atoms. The second-order valence-electron chi connectivity index (χ2n) is 6.62. The third-order valence-electron chi connectivity index (χ3n) is 4.78. The smallest absolute Gasteiger partial charge is 0.200 e. The van der Waals surface area contributed by atoms with Crippen molar-refractivity contribution in [3.8, 4) is 0 Å². The van der Waals surface area contributed by atoms with Crippen molar-refractivity contribution in [1.29, 1.82) is 0 Å². The zero-order valence-corrected chi connectivity index (χ0v) is 17.0. The first kappa shape index (κ1) is 19.4. The maximum atomic E-state index is 13.6. The maximum Gasteiger partial charge on any atom is 0.200 e.